The predicted molar refractivity (Wildman–Crippen MR) is 98.4 cm³/mol. The van der Waals surface area contributed by atoms with Gasteiger partial charge in [0.05, 0.1) is 12.6 Å². The number of nitrogens with zero attached hydrogens (tertiary/aromatic N) is 3. The van der Waals surface area contributed by atoms with Crippen molar-refractivity contribution >= 4 is 5.96 Å². The van der Waals surface area contributed by atoms with Crippen molar-refractivity contribution in [3.8, 4) is 0 Å². The summed E-state index contributed by atoms with van der Waals surface area (Å²) < 4.78 is 5.91. The topological polar surface area (TPSA) is 52.1 Å². The minimum absolute atomic E-state index is 0.180. The van der Waals surface area contributed by atoms with Gasteiger partial charge >= 0.3 is 0 Å². The standard InChI is InChI=1S/C18H35N5O/c1-6-19-17(20-11-13-12-22(4)8-9-23(13)5)21-15-14-7-10-24-16(14)18(15,2)3/h13-16H,6-12H2,1-5H3,(H2,19,20,21). The first-order chi connectivity index (χ1) is 11.4. The van der Waals surface area contributed by atoms with Crippen LogP contribution in [0.5, 0.6) is 0 Å². The van der Waals surface area contributed by atoms with Crippen LogP contribution in [0.4, 0.5) is 0 Å². The second-order valence-corrected chi connectivity index (χ2v) is 8.30. The minimum atomic E-state index is 0.180. The predicted octanol–water partition coefficient (Wildman–Crippen LogP) is 0.601. The highest BCUT2D eigenvalue weighted by Gasteiger charge is 2.59. The van der Waals surface area contributed by atoms with E-state index in [-0.39, 0.29) is 5.41 Å². The Kier molecular flexibility index (Phi) is 5.37. The lowest BCUT2D eigenvalue weighted by molar-refractivity contribution is -0.106. The molecule has 0 radical (unpaired) electrons. The number of likely N-dealkylation sites (N-methyl/N-ethyl adjacent to an activating group) is 2. The second-order valence-electron chi connectivity index (χ2n) is 8.30. The van der Waals surface area contributed by atoms with Gasteiger partial charge in [-0.25, -0.2) is 0 Å². The summed E-state index contributed by atoms with van der Waals surface area (Å²) in [5, 5.41) is 7.14. The summed E-state index contributed by atoms with van der Waals surface area (Å²) >= 11 is 0. The maximum Gasteiger partial charge on any atom is 0.191 e. The molecule has 3 aliphatic rings. The Morgan fingerprint density at radius 3 is 2.83 bits per heavy atom. The van der Waals surface area contributed by atoms with E-state index in [9.17, 15) is 0 Å². The molecule has 2 aliphatic heterocycles. The zero-order chi connectivity index (χ0) is 17.3. The van der Waals surface area contributed by atoms with Crippen molar-refractivity contribution in [3.05, 3.63) is 0 Å². The van der Waals surface area contributed by atoms with Gasteiger partial charge in [0.25, 0.3) is 0 Å². The van der Waals surface area contributed by atoms with E-state index in [2.05, 4.69) is 55.3 Å². The molecule has 1 aliphatic carbocycles. The molecule has 6 heteroatoms. The van der Waals surface area contributed by atoms with Crippen molar-refractivity contribution in [3.63, 3.8) is 0 Å². The number of ether oxygens (including phenoxy) is 1. The molecule has 4 unspecified atom stereocenters. The van der Waals surface area contributed by atoms with Crippen LogP contribution in [-0.2, 0) is 4.74 Å². The summed E-state index contributed by atoms with van der Waals surface area (Å²) in [6, 6.07) is 0.950. The maximum atomic E-state index is 5.91. The van der Waals surface area contributed by atoms with Gasteiger partial charge in [0.2, 0.25) is 0 Å². The van der Waals surface area contributed by atoms with Crippen LogP contribution in [0.25, 0.3) is 0 Å². The van der Waals surface area contributed by atoms with Crippen LogP contribution in [0.15, 0.2) is 4.99 Å². The van der Waals surface area contributed by atoms with E-state index in [1.54, 1.807) is 0 Å². The number of hydrogen-bond acceptors (Lipinski definition) is 4. The van der Waals surface area contributed by atoms with Crippen molar-refractivity contribution in [1.82, 2.24) is 20.4 Å². The molecule has 0 bridgehead atoms. The number of piperazine rings is 1. The van der Waals surface area contributed by atoms with Gasteiger partial charge in [-0.1, -0.05) is 13.8 Å². The summed E-state index contributed by atoms with van der Waals surface area (Å²) in [4.78, 5) is 9.74. The van der Waals surface area contributed by atoms with Crippen LogP contribution in [0.3, 0.4) is 0 Å². The molecule has 3 rings (SSSR count). The normalized spacial score (nSPS) is 37.0. The third-order valence-corrected chi connectivity index (χ3v) is 6.18. The fourth-order valence-electron chi connectivity index (χ4n) is 4.58. The molecular formula is C18H35N5O. The molecule has 0 amide bonds. The van der Waals surface area contributed by atoms with Crippen molar-refractivity contribution in [2.75, 3.05) is 53.4 Å². The van der Waals surface area contributed by atoms with E-state index in [1.807, 2.05) is 0 Å². The van der Waals surface area contributed by atoms with Gasteiger partial charge in [-0.3, -0.25) is 9.89 Å². The van der Waals surface area contributed by atoms with Crippen LogP contribution in [0.1, 0.15) is 27.2 Å². The number of nitrogens with one attached hydrogen (secondary N) is 2. The monoisotopic (exact) mass is 337 g/mol. The number of guanidine groups is 1. The smallest absolute Gasteiger partial charge is 0.191 e. The summed E-state index contributed by atoms with van der Waals surface area (Å²) in [5.41, 5.74) is 0.180. The van der Waals surface area contributed by atoms with Crippen LogP contribution in [-0.4, -0.2) is 87.4 Å². The van der Waals surface area contributed by atoms with Gasteiger partial charge in [-0.2, -0.15) is 0 Å². The Hall–Kier alpha value is -0.850. The first-order valence-corrected chi connectivity index (χ1v) is 9.48. The maximum absolute atomic E-state index is 5.91. The SMILES string of the molecule is CCNC(=NCC1CN(C)CCN1C)NC1C2CCOC2C1(C)C. The van der Waals surface area contributed by atoms with E-state index >= 15 is 0 Å². The van der Waals surface area contributed by atoms with Crippen molar-refractivity contribution in [1.29, 1.82) is 0 Å². The van der Waals surface area contributed by atoms with Gasteiger partial charge in [0, 0.05) is 56.2 Å². The molecule has 2 saturated heterocycles. The molecule has 138 valence electrons. The van der Waals surface area contributed by atoms with E-state index < -0.39 is 0 Å². The summed E-state index contributed by atoms with van der Waals surface area (Å²) in [6.07, 6.45) is 1.58. The Morgan fingerprint density at radius 1 is 1.29 bits per heavy atom. The van der Waals surface area contributed by atoms with E-state index in [0.29, 0.717) is 24.1 Å². The molecule has 2 N–H and O–H groups in total. The lowest BCUT2D eigenvalue weighted by Crippen LogP contribution is -2.68. The number of aliphatic imine (C=N–C) groups is 1. The lowest BCUT2D eigenvalue weighted by Gasteiger charge is -2.55. The minimum Gasteiger partial charge on any atom is -0.377 e. The Bertz CT molecular complexity index is 466. The highest BCUT2D eigenvalue weighted by molar-refractivity contribution is 5.80. The van der Waals surface area contributed by atoms with Gasteiger partial charge in [0.15, 0.2) is 5.96 Å². The van der Waals surface area contributed by atoms with Gasteiger partial charge in [-0.15, -0.1) is 0 Å². The van der Waals surface area contributed by atoms with Crippen molar-refractivity contribution < 1.29 is 4.74 Å². The number of fused-ring (bicyclic) bond motifs is 1. The quantitative estimate of drug-likeness (QED) is 0.581. The molecule has 0 aromatic heterocycles. The zero-order valence-corrected chi connectivity index (χ0v) is 16.0. The number of hydrogen-bond donors (Lipinski definition) is 2. The van der Waals surface area contributed by atoms with E-state index in [4.69, 9.17) is 9.73 Å². The molecule has 6 nitrogen and oxygen atoms in total. The average molecular weight is 338 g/mol. The highest BCUT2D eigenvalue weighted by atomic mass is 16.5. The second kappa shape index (κ2) is 7.18. The van der Waals surface area contributed by atoms with Gasteiger partial charge in [-0.05, 0) is 27.4 Å². The molecule has 3 fully saturated rings. The summed E-state index contributed by atoms with van der Waals surface area (Å²) in [5.74, 6) is 1.59. The van der Waals surface area contributed by atoms with Gasteiger partial charge < -0.3 is 20.3 Å². The molecule has 4 atom stereocenters. The molecule has 1 saturated carbocycles. The molecule has 24 heavy (non-hydrogen) atoms. The molecule has 2 heterocycles. The van der Waals surface area contributed by atoms with E-state index in [1.165, 1.54) is 6.42 Å². The van der Waals surface area contributed by atoms with Crippen molar-refractivity contribution in [2.24, 2.45) is 16.3 Å². The first-order valence-electron chi connectivity index (χ1n) is 9.48. The molecule has 0 spiro atoms. The first kappa shape index (κ1) is 18.0. The van der Waals surface area contributed by atoms with Crippen LogP contribution < -0.4 is 10.6 Å². The zero-order valence-electron chi connectivity index (χ0n) is 16.0. The summed E-state index contributed by atoms with van der Waals surface area (Å²) in [7, 11) is 4.41. The fourth-order valence-corrected chi connectivity index (χ4v) is 4.58. The summed E-state index contributed by atoms with van der Waals surface area (Å²) in [6.45, 7) is 12.8. The van der Waals surface area contributed by atoms with Crippen LogP contribution >= 0.6 is 0 Å². The average Bonchev–Trinajstić information content (AvgIpc) is 3.00. The Balaban J connectivity index is 1.62. The van der Waals surface area contributed by atoms with E-state index in [0.717, 1.165) is 45.3 Å². The largest absolute Gasteiger partial charge is 0.377 e. The van der Waals surface area contributed by atoms with Crippen LogP contribution in [0, 0.1) is 11.3 Å². The Labute approximate surface area is 147 Å². The highest BCUT2D eigenvalue weighted by Crippen LogP contribution is 2.52. The number of rotatable bonds is 4. The third kappa shape index (κ3) is 3.41. The van der Waals surface area contributed by atoms with Gasteiger partial charge in [0.1, 0.15) is 0 Å². The molecule has 0 aromatic rings. The lowest BCUT2D eigenvalue weighted by atomic mass is 9.57. The molecule has 0 aromatic carbocycles. The van der Waals surface area contributed by atoms with Crippen molar-refractivity contribution in [2.45, 2.75) is 45.4 Å². The fraction of sp³-hybridized carbons (Fsp3) is 0.944. The third-order valence-electron chi connectivity index (χ3n) is 6.18. The molecular weight excluding hydrogens is 302 g/mol. The Morgan fingerprint density at radius 2 is 2.08 bits per heavy atom. The van der Waals surface area contributed by atoms with Crippen LogP contribution in [0.2, 0.25) is 0 Å².